The third kappa shape index (κ3) is 5.67. The summed E-state index contributed by atoms with van der Waals surface area (Å²) in [6, 6.07) is 3.45. The fourth-order valence-corrected chi connectivity index (χ4v) is 1.35. The molecule has 0 bridgehead atoms. The number of guanidine groups is 1. The summed E-state index contributed by atoms with van der Waals surface area (Å²) in [6.45, 7) is 5.34. The zero-order valence-electron chi connectivity index (χ0n) is 11.0. The average Bonchev–Trinajstić information content (AvgIpc) is 2.47. The van der Waals surface area contributed by atoms with Crippen LogP contribution in [0.25, 0.3) is 0 Å². The van der Waals surface area contributed by atoms with Crippen molar-refractivity contribution in [3.63, 3.8) is 0 Å². The first-order valence-corrected chi connectivity index (χ1v) is 6.01. The first kappa shape index (κ1) is 14.7. The highest BCUT2D eigenvalue weighted by Gasteiger charge is 2.03. The Balaban J connectivity index is 2.23. The molecule has 0 aliphatic carbocycles. The minimum absolute atomic E-state index is 0.135. The van der Waals surface area contributed by atoms with Crippen molar-refractivity contribution in [1.29, 1.82) is 0 Å². The topological polar surface area (TPSA) is 78.4 Å². The van der Waals surface area contributed by atoms with E-state index < -0.39 is 0 Å². The Labute approximate surface area is 113 Å². The molecule has 0 saturated carbocycles. The van der Waals surface area contributed by atoms with Gasteiger partial charge in [0.05, 0.1) is 5.56 Å². The number of aliphatic imine (C=N–C) groups is 1. The van der Waals surface area contributed by atoms with Crippen molar-refractivity contribution in [2.45, 2.75) is 0 Å². The molecule has 102 valence electrons. The highest BCUT2D eigenvalue weighted by Crippen LogP contribution is 1.93. The van der Waals surface area contributed by atoms with E-state index >= 15 is 0 Å². The fraction of sp³-hybridized carbons (Fsp3) is 0.308. The molecule has 0 radical (unpaired) electrons. The summed E-state index contributed by atoms with van der Waals surface area (Å²) in [6.07, 6.45) is 4.91. The smallest absolute Gasteiger partial charge is 0.252 e. The number of pyridine rings is 1. The van der Waals surface area contributed by atoms with Crippen molar-refractivity contribution in [3.8, 4) is 0 Å². The summed E-state index contributed by atoms with van der Waals surface area (Å²) in [5.74, 6) is 0.541. The Morgan fingerprint density at radius 1 is 1.42 bits per heavy atom. The van der Waals surface area contributed by atoms with E-state index in [-0.39, 0.29) is 5.91 Å². The van der Waals surface area contributed by atoms with Crippen molar-refractivity contribution in [3.05, 3.63) is 42.7 Å². The fourth-order valence-electron chi connectivity index (χ4n) is 1.35. The lowest BCUT2D eigenvalue weighted by molar-refractivity contribution is 0.0954. The number of amides is 1. The number of rotatable bonds is 6. The Kier molecular flexibility index (Phi) is 6.71. The van der Waals surface area contributed by atoms with Crippen molar-refractivity contribution in [1.82, 2.24) is 20.9 Å². The molecule has 1 rings (SSSR count). The zero-order valence-corrected chi connectivity index (χ0v) is 11.0. The largest absolute Gasteiger partial charge is 0.355 e. The van der Waals surface area contributed by atoms with Gasteiger partial charge in [0.2, 0.25) is 0 Å². The molecule has 0 atom stereocenters. The van der Waals surface area contributed by atoms with Crippen molar-refractivity contribution < 1.29 is 4.79 Å². The van der Waals surface area contributed by atoms with Gasteiger partial charge in [-0.15, -0.1) is 6.58 Å². The van der Waals surface area contributed by atoms with Gasteiger partial charge in [-0.2, -0.15) is 0 Å². The third-order valence-corrected chi connectivity index (χ3v) is 2.26. The van der Waals surface area contributed by atoms with Crippen LogP contribution < -0.4 is 16.0 Å². The normalized spacial score (nSPS) is 10.7. The molecule has 0 aromatic carbocycles. The standard InChI is InChI=1S/C13H19N5O/c1-3-6-17-13(14-2)18-9-8-16-12(19)11-5-4-7-15-10-11/h3-5,7,10H,1,6,8-9H2,2H3,(H,16,19)(H2,14,17,18). The number of nitrogens with zero attached hydrogens (tertiary/aromatic N) is 2. The predicted octanol–water partition coefficient (Wildman–Crippen LogP) is 0.162. The first-order chi connectivity index (χ1) is 9.27. The Bertz CT molecular complexity index is 430. The second-order valence-electron chi connectivity index (χ2n) is 3.67. The van der Waals surface area contributed by atoms with Crippen LogP contribution in [0.5, 0.6) is 0 Å². The summed E-state index contributed by atoms with van der Waals surface area (Å²) >= 11 is 0. The van der Waals surface area contributed by atoms with Gasteiger partial charge in [-0.1, -0.05) is 6.08 Å². The molecule has 1 aromatic heterocycles. The zero-order chi connectivity index (χ0) is 13.9. The second-order valence-corrected chi connectivity index (χ2v) is 3.67. The molecule has 6 heteroatoms. The summed E-state index contributed by atoms with van der Waals surface area (Å²) < 4.78 is 0. The maximum atomic E-state index is 11.7. The van der Waals surface area contributed by atoms with Crippen LogP contribution in [-0.2, 0) is 0 Å². The van der Waals surface area contributed by atoms with E-state index in [1.807, 2.05) is 0 Å². The predicted molar refractivity (Wildman–Crippen MR) is 76.1 cm³/mol. The maximum absolute atomic E-state index is 11.7. The van der Waals surface area contributed by atoms with Crippen molar-refractivity contribution in [2.24, 2.45) is 4.99 Å². The molecular formula is C13H19N5O. The molecule has 0 unspecified atom stereocenters. The summed E-state index contributed by atoms with van der Waals surface area (Å²) in [4.78, 5) is 19.6. The lowest BCUT2D eigenvalue weighted by Gasteiger charge is -2.10. The molecular weight excluding hydrogens is 242 g/mol. The summed E-state index contributed by atoms with van der Waals surface area (Å²) in [7, 11) is 1.69. The minimum atomic E-state index is -0.135. The highest BCUT2D eigenvalue weighted by molar-refractivity contribution is 5.93. The van der Waals surface area contributed by atoms with E-state index in [0.29, 0.717) is 31.2 Å². The number of carbonyl (C=O) groups is 1. The SMILES string of the molecule is C=CCNC(=NC)NCCNC(=O)c1cccnc1. The van der Waals surface area contributed by atoms with Gasteiger partial charge < -0.3 is 16.0 Å². The summed E-state index contributed by atoms with van der Waals surface area (Å²) in [5, 5.41) is 8.90. The van der Waals surface area contributed by atoms with Gasteiger partial charge in [0.25, 0.3) is 5.91 Å². The van der Waals surface area contributed by atoms with Crippen molar-refractivity contribution >= 4 is 11.9 Å². The van der Waals surface area contributed by atoms with E-state index in [1.165, 1.54) is 6.20 Å². The van der Waals surface area contributed by atoms with E-state index in [1.54, 1.807) is 31.5 Å². The third-order valence-electron chi connectivity index (χ3n) is 2.26. The van der Waals surface area contributed by atoms with E-state index in [0.717, 1.165) is 0 Å². The number of hydrogen-bond acceptors (Lipinski definition) is 3. The van der Waals surface area contributed by atoms with Crippen LogP contribution >= 0.6 is 0 Å². The van der Waals surface area contributed by atoms with Gasteiger partial charge in [-0.3, -0.25) is 14.8 Å². The molecule has 0 aliphatic rings. The van der Waals surface area contributed by atoms with Gasteiger partial charge in [0, 0.05) is 39.1 Å². The lowest BCUT2D eigenvalue weighted by atomic mass is 10.3. The van der Waals surface area contributed by atoms with Gasteiger partial charge in [0.15, 0.2) is 5.96 Å². The molecule has 0 aliphatic heterocycles. The van der Waals surface area contributed by atoms with E-state index in [9.17, 15) is 4.79 Å². The van der Waals surface area contributed by atoms with Crippen LogP contribution in [0.15, 0.2) is 42.2 Å². The molecule has 0 spiro atoms. The van der Waals surface area contributed by atoms with Crippen LogP contribution in [0.4, 0.5) is 0 Å². The quantitative estimate of drug-likeness (QED) is 0.295. The minimum Gasteiger partial charge on any atom is -0.355 e. The molecule has 1 heterocycles. The Hall–Kier alpha value is -2.37. The maximum Gasteiger partial charge on any atom is 0.252 e. The van der Waals surface area contributed by atoms with Gasteiger partial charge in [-0.25, -0.2) is 0 Å². The number of hydrogen-bond donors (Lipinski definition) is 3. The van der Waals surface area contributed by atoms with E-state index in [2.05, 4.69) is 32.5 Å². The van der Waals surface area contributed by atoms with Gasteiger partial charge in [-0.05, 0) is 12.1 Å². The van der Waals surface area contributed by atoms with Crippen LogP contribution in [0.1, 0.15) is 10.4 Å². The van der Waals surface area contributed by atoms with Gasteiger partial charge in [0.1, 0.15) is 0 Å². The molecule has 1 aromatic rings. The number of nitrogens with one attached hydrogen (secondary N) is 3. The molecule has 0 fully saturated rings. The molecule has 19 heavy (non-hydrogen) atoms. The molecule has 3 N–H and O–H groups in total. The Morgan fingerprint density at radius 3 is 2.84 bits per heavy atom. The summed E-state index contributed by atoms with van der Waals surface area (Å²) in [5.41, 5.74) is 0.552. The van der Waals surface area contributed by atoms with Crippen molar-refractivity contribution in [2.75, 3.05) is 26.7 Å². The van der Waals surface area contributed by atoms with Crippen LogP contribution in [0.3, 0.4) is 0 Å². The monoisotopic (exact) mass is 261 g/mol. The van der Waals surface area contributed by atoms with Crippen LogP contribution in [0, 0.1) is 0 Å². The lowest BCUT2D eigenvalue weighted by Crippen LogP contribution is -2.41. The average molecular weight is 261 g/mol. The van der Waals surface area contributed by atoms with Gasteiger partial charge >= 0.3 is 0 Å². The second kappa shape index (κ2) is 8.68. The highest BCUT2D eigenvalue weighted by atomic mass is 16.1. The van der Waals surface area contributed by atoms with E-state index in [4.69, 9.17) is 0 Å². The first-order valence-electron chi connectivity index (χ1n) is 6.01. The number of aromatic nitrogens is 1. The van der Waals surface area contributed by atoms with Crippen LogP contribution in [-0.4, -0.2) is 43.5 Å². The molecule has 0 saturated heterocycles. The molecule has 1 amide bonds. The molecule has 6 nitrogen and oxygen atoms in total. The Morgan fingerprint density at radius 2 is 2.21 bits per heavy atom. The van der Waals surface area contributed by atoms with Crippen LogP contribution in [0.2, 0.25) is 0 Å². The number of carbonyl (C=O) groups excluding carboxylic acids is 1.